The van der Waals surface area contributed by atoms with Crippen LogP contribution in [0.25, 0.3) is 11.2 Å². The smallest absolute Gasteiger partial charge is 0.286 e. The van der Waals surface area contributed by atoms with Gasteiger partial charge in [-0.15, -0.1) is 0 Å². The average molecular weight is 419 g/mol. The summed E-state index contributed by atoms with van der Waals surface area (Å²) >= 11 is 4.94. The number of hydrogen-bond acceptors (Lipinski definition) is 10. The van der Waals surface area contributed by atoms with Gasteiger partial charge in [-0.3, -0.25) is 14.3 Å². The van der Waals surface area contributed by atoms with Crippen LogP contribution in [-0.2, 0) is 26.0 Å². The minimum Gasteiger partial charge on any atom is -0.459 e. The minimum absolute atomic E-state index is 0.0436. The summed E-state index contributed by atoms with van der Waals surface area (Å²) in [5.74, 6) is -0.0436. The number of fused-ring (bicyclic) bond motifs is 1. The molecular weight excluding hydrogens is 397 g/mol. The van der Waals surface area contributed by atoms with Crippen molar-refractivity contribution < 1.29 is 23.8 Å². The first kappa shape index (κ1) is 20.5. The fourth-order valence-electron chi connectivity index (χ4n) is 2.72. The lowest BCUT2D eigenvalue weighted by Crippen LogP contribution is -2.26. The maximum absolute atomic E-state index is 11.9. The summed E-state index contributed by atoms with van der Waals surface area (Å²) in [6.07, 6.45) is 1.08. The Labute approximate surface area is 160 Å². The highest BCUT2D eigenvalue weighted by molar-refractivity contribution is 8.35. The van der Waals surface area contributed by atoms with Crippen molar-refractivity contribution in [3.8, 4) is 0 Å². The molecule has 2 aromatic heterocycles. The molecule has 0 amide bonds. The SMILES string of the molecule is CCCCO[P+](O)([S-])OC[C@H]1O[C@@H](n2cnc3c(=O)[nH]c(N)nc32)C[C@@H]1O. The molecule has 0 spiro atoms. The van der Waals surface area contributed by atoms with E-state index in [-0.39, 0.29) is 30.1 Å². The van der Waals surface area contributed by atoms with E-state index in [0.29, 0.717) is 6.61 Å². The number of aromatic nitrogens is 4. The topological polar surface area (TPSA) is 158 Å². The molecule has 0 aliphatic carbocycles. The Kier molecular flexibility index (Phi) is 6.36. The van der Waals surface area contributed by atoms with Crippen molar-refractivity contribution in [2.45, 2.75) is 44.6 Å². The minimum atomic E-state index is -3.38. The quantitative estimate of drug-likeness (QED) is 0.268. The molecule has 4 atom stereocenters. The lowest BCUT2D eigenvalue weighted by molar-refractivity contribution is -0.0412. The highest BCUT2D eigenvalue weighted by Crippen LogP contribution is 2.55. The van der Waals surface area contributed by atoms with Gasteiger partial charge >= 0.3 is 0 Å². The number of rotatable bonds is 8. The highest BCUT2D eigenvalue weighted by Gasteiger charge is 2.38. The summed E-state index contributed by atoms with van der Waals surface area (Å²) in [6.45, 7) is 2.17. The van der Waals surface area contributed by atoms with E-state index in [9.17, 15) is 14.8 Å². The van der Waals surface area contributed by atoms with E-state index in [4.69, 9.17) is 31.8 Å². The second kappa shape index (κ2) is 8.39. The molecule has 13 heteroatoms. The van der Waals surface area contributed by atoms with Crippen molar-refractivity contribution in [3.63, 3.8) is 0 Å². The number of hydrogen-bond donors (Lipinski definition) is 4. The number of aliphatic hydroxyl groups is 1. The molecule has 0 saturated carbocycles. The first-order valence-electron chi connectivity index (χ1n) is 8.48. The third-order valence-electron chi connectivity index (χ3n) is 4.12. The Morgan fingerprint density at radius 1 is 1.56 bits per heavy atom. The number of nitrogens with two attached hydrogens (primary N) is 1. The summed E-state index contributed by atoms with van der Waals surface area (Å²) in [5, 5.41) is 10.3. The average Bonchev–Trinajstić information content (AvgIpc) is 3.16. The van der Waals surface area contributed by atoms with Gasteiger partial charge in [0, 0.05) is 6.42 Å². The summed E-state index contributed by atoms with van der Waals surface area (Å²) in [4.78, 5) is 32.3. The summed E-state index contributed by atoms with van der Waals surface area (Å²) < 4.78 is 17.8. The number of aliphatic hydroxyl groups excluding tert-OH is 1. The molecule has 11 nitrogen and oxygen atoms in total. The van der Waals surface area contributed by atoms with E-state index in [1.54, 1.807) is 0 Å². The van der Waals surface area contributed by atoms with E-state index >= 15 is 0 Å². The molecule has 27 heavy (non-hydrogen) atoms. The lowest BCUT2D eigenvalue weighted by Gasteiger charge is -2.23. The van der Waals surface area contributed by atoms with Crippen LogP contribution in [0.2, 0.25) is 0 Å². The third-order valence-corrected chi connectivity index (χ3v) is 5.74. The van der Waals surface area contributed by atoms with E-state index in [1.807, 2.05) is 6.92 Å². The molecule has 3 rings (SSSR count). The van der Waals surface area contributed by atoms with Crippen LogP contribution in [0, 0.1) is 0 Å². The lowest BCUT2D eigenvalue weighted by atomic mass is 10.2. The number of anilines is 1. The summed E-state index contributed by atoms with van der Waals surface area (Å²) in [5.41, 5.74) is 5.50. The summed E-state index contributed by atoms with van der Waals surface area (Å²) in [7, 11) is -3.38. The number of nitrogen functional groups attached to an aromatic ring is 1. The van der Waals surface area contributed by atoms with Crippen molar-refractivity contribution in [1.29, 1.82) is 0 Å². The van der Waals surface area contributed by atoms with Crippen LogP contribution in [-0.4, -0.2) is 54.9 Å². The molecule has 1 unspecified atom stereocenters. The van der Waals surface area contributed by atoms with Gasteiger partial charge < -0.3 is 27.8 Å². The van der Waals surface area contributed by atoms with Gasteiger partial charge in [-0.25, -0.2) is 9.88 Å². The predicted octanol–water partition coefficient (Wildman–Crippen LogP) is 0.400. The Bertz CT molecular complexity index is 845. The van der Waals surface area contributed by atoms with Crippen LogP contribution in [0.3, 0.4) is 0 Å². The maximum atomic E-state index is 11.9. The maximum Gasteiger partial charge on any atom is 0.286 e. The first-order valence-corrected chi connectivity index (χ1v) is 11.1. The molecule has 0 aromatic carbocycles. The number of aromatic amines is 1. The van der Waals surface area contributed by atoms with Crippen LogP contribution in [0.4, 0.5) is 5.95 Å². The monoisotopic (exact) mass is 419 g/mol. The van der Waals surface area contributed by atoms with Crippen LogP contribution in [0.1, 0.15) is 32.4 Å². The molecule has 3 heterocycles. The zero-order chi connectivity index (χ0) is 19.6. The van der Waals surface area contributed by atoms with Gasteiger partial charge in [0.1, 0.15) is 18.9 Å². The van der Waals surface area contributed by atoms with Gasteiger partial charge in [0.15, 0.2) is 11.2 Å². The van der Waals surface area contributed by atoms with Crippen LogP contribution >= 0.6 is 7.15 Å². The first-order chi connectivity index (χ1) is 12.8. The molecule has 150 valence electrons. The standard InChI is InChI=1S/C14H22N5O6PS/c1-2-3-4-23-26(22,27)24-6-9-8(20)5-10(25-9)19-7-16-11-12(19)17-14(15)18-13(11)21/h7-10,20H,2-6H2,1H3,(H,22,27)(H3,15,17,18,21)/t8-,9+,10+,26?/m0/s1. The second-order valence-electron chi connectivity index (χ2n) is 6.16. The Balaban J connectivity index is 1.66. The molecule has 1 saturated heterocycles. The highest BCUT2D eigenvalue weighted by atomic mass is 32.7. The Morgan fingerprint density at radius 2 is 2.33 bits per heavy atom. The van der Waals surface area contributed by atoms with Gasteiger partial charge in [-0.2, -0.15) is 14.0 Å². The second-order valence-corrected chi connectivity index (χ2v) is 9.00. The zero-order valence-electron chi connectivity index (χ0n) is 14.6. The van der Waals surface area contributed by atoms with E-state index in [0.717, 1.165) is 12.8 Å². The van der Waals surface area contributed by atoms with E-state index in [2.05, 4.69) is 15.0 Å². The van der Waals surface area contributed by atoms with E-state index in [1.165, 1.54) is 10.9 Å². The third kappa shape index (κ3) is 4.77. The predicted molar refractivity (Wildman–Crippen MR) is 100 cm³/mol. The largest absolute Gasteiger partial charge is 0.459 e. The molecule has 1 aliphatic rings. The van der Waals surface area contributed by atoms with Crippen molar-refractivity contribution >= 4 is 36.5 Å². The normalized spacial score (nSPS) is 25.1. The van der Waals surface area contributed by atoms with Crippen LogP contribution in [0.5, 0.6) is 0 Å². The zero-order valence-corrected chi connectivity index (χ0v) is 16.4. The van der Waals surface area contributed by atoms with Crippen molar-refractivity contribution in [1.82, 2.24) is 19.5 Å². The van der Waals surface area contributed by atoms with Gasteiger partial charge in [-0.1, -0.05) is 13.3 Å². The number of H-pyrrole nitrogens is 1. The number of ether oxygens (including phenoxy) is 1. The van der Waals surface area contributed by atoms with Crippen molar-refractivity contribution in [3.05, 3.63) is 16.7 Å². The molecule has 1 fully saturated rings. The van der Waals surface area contributed by atoms with Crippen molar-refractivity contribution in [2.24, 2.45) is 0 Å². The fraction of sp³-hybridized carbons (Fsp3) is 0.643. The van der Waals surface area contributed by atoms with E-state index < -0.39 is 31.1 Å². The molecule has 5 N–H and O–H groups in total. The van der Waals surface area contributed by atoms with Crippen LogP contribution in [0.15, 0.2) is 11.1 Å². The molecular formula is C14H22N5O6PS. The molecule has 2 aromatic rings. The number of nitrogens with one attached hydrogen (secondary N) is 1. The number of unbranched alkanes of at least 4 members (excludes halogenated alkanes) is 1. The van der Waals surface area contributed by atoms with Gasteiger partial charge in [0.2, 0.25) is 5.95 Å². The Hall–Kier alpha value is -1.27. The van der Waals surface area contributed by atoms with Crippen LogP contribution < -0.4 is 11.3 Å². The molecule has 1 aliphatic heterocycles. The molecule has 0 radical (unpaired) electrons. The fourth-order valence-corrected chi connectivity index (χ4v) is 3.89. The number of imidazole rings is 1. The van der Waals surface area contributed by atoms with Gasteiger partial charge in [-0.05, 0) is 6.42 Å². The summed E-state index contributed by atoms with van der Waals surface area (Å²) in [6, 6.07) is 0. The number of nitrogens with zero attached hydrogens (tertiary/aromatic N) is 3. The Morgan fingerprint density at radius 3 is 3.07 bits per heavy atom. The van der Waals surface area contributed by atoms with Gasteiger partial charge in [0.05, 0.1) is 19.0 Å². The van der Waals surface area contributed by atoms with Crippen molar-refractivity contribution in [2.75, 3.05) is 18.9 Å². The molecule has 0 bridgehead atoms. The van der Waals surface area contributed by atoms with Gasteiger partial charge in [0.25, 0.3) is 12.7 Å².